The van der Waals surface area contributed by atoms with Gasteiger partial charge in [-0.15, -0.1) is 0 Å². The number of hydrogen-bond donors (Lipinski definition) is 0. The molecule has 4 aliphatic rings. The van der Waals surface area contributed by atoms with Crippen LogP contribution in [0.25, 0.3) is 11.1 Å². The minimum Gasteiger partial charge on any atom is -0.426 e. The lowest BCUT2D eigenvalue weighted by Gasteiger charge is -2.45. The predicted molar refractivity (Wildman–Crippen MR) is 209 cm³/mol. The summed E-state index contributed by atoms with van der Waals surface area (Å²) >= 11 is 0. The third kappa shape index (κ3) is 5.11. The first-order valence-corrected chi connectivity index (χ1v) is 18.4. The van der Waals surface area contributed by atoms with Gasteiger partial charge in [0.2, 0.25) is 0 Å². The molecule has 4 aliphatic carbocycles. The van der Waals surface area contributed by atoms with E-state index in [1.165, 1.54) is 38.9 Å². The zero-order valence-corrected chi connectivity index (χ0v) is 30.1. The van der Waals surface area contributed by atoms with Crippen molar-refractivity contribution in [2.75, 3.05) is 0 Å². The van der Waals surface area contributed by atoms with E-state index in [4.69, 9.17) is 9.47 Å². The summed E-state index contributed by atoms with van der Waals surface area (Å²) < 4.78 is 11.7. The molecule has 6 aromatic rings. The third-order valence-corrected chi connectivity index (χ3v) is 11.7. The monoisotopic (exact) mass is 692 g/mol. The van der Waals surface area contributed by atoms with Crippen molar-refractivity contribution in [1.29, 1.82) is 0 Å². The van der Waals surface area contributed by atoms with Gasteiger partial charge in [-0.3, -0.25) is 4.79 Å². The SMILES string of the molecule is C=CC(=O)Oc1ccc(C2(c3ccc(OC(=O)C4CC5c6ccccc6C4c4ccc(C(C)(C)C)cc45)cc3)c3ccccc3-c3ccccc32)cc1. The number of hydrogen-bond acceptors (Lipinski definition) is 4. The van der Waals surface area contributed by atoms with Crippen LogP contribution >= 0.6 is 0 Å². The molecule has 0 saturated heterocycles. The van der Waals surface area contributed by atoms with Crippen LogP contribution in [0.15, 0.2) is 152 Å². The lowest BCUT2D eigenvalue weighted by atomic mass is 9.58. The number of ether oxygens (including phenoxy) is 2. The first-order chi connectivity index (χ1) is 25.7. The molecular weight excluding hydrogens is 653 g/mol. The summed E-state index contributed by atoms with van der Waals surface area (Å²) in [6.07, 6.45) is 1.89. The predicted octanol–water partition coefficient (Wildman–Crippen LogP) is 10.6. The van der Waals surface area contributed by atoms with Crippen LogP contribution in [-0.2, 0) is 20.4 Å². The third-order valence-electron chi connectivity index (χ3n) is 11.7. The van der Waals surface area contributed by atoms with Crippen molar-refractivity contribution in [2.45, 2.75) is 49.9 Å². The van der Waals surface area contributed by atoms with Crippen LogP contribution < -0.4 is 9.47 Å². The van der Waals surface area contributed by atoms with Gasteiger partial charge in [-0.05, 0) is 97.3 Å². The Kier molecular flexibility index (Phi) is 7.63. The molecule has 3 unspecified atom stereocenters. The first kappa shape index (κ1) is 32.9. The second kappa shape index (κ2) is 12.3. The van der Waals surface area contributed by atoms with Crippen LogP contribution in [0.4, 0.5) is 0 Å². The van der Waals surface area contributed by atoms with E-state index in [1.54, 1.807) is 0 Å². The fraction of sp³-hybridized carbons (Fsp3) is 0.184. The maximum absolute atomic E-state index is 14.2. The minimum atomic E-state index is -0.654. The number of benzene rings is 6. The van der Waals surface area contributed by atoms with Crippen LogP contribution in [0.5, 0.6) is 11.5 Å². The van der Waals surface area contributed by atoms with E-state index < -0.39 is 11.4 Å². The summed E-state index contributed by atoms with van der Waals surface area (Å²) in [5.41, 5.74) is 12.6. The molecule has 4 nitrogen and oxygen atoms in total. The van der Waals surface area contributed by atoms with Crippen molar-refractivity contribution < 1.29 is 19.1 Å². The van der Waals surface area contributed by atoms with E-state index in [9.17, 15) is 9.59 Å². The van der Waals surface area contributed by atoms with E-state index in [0.717, 1.165) is 34.8 Å². The average molecular weight is 693 g/mol. The number of carbonyl (C=O) groups excluding carboxylic acids is 2. The quantitative estimate of drug-likeness (QED) is 0.0989. The second-order valence-electron chi connectivity index (χ2n) is 15.5. The van der Waals surface area contributed by atoms with E-state index in [1.807, 2.05) is 36.4 Å². The standard InChI is InChI=1S/C49H40O4/c1-5-45(50)52-33-23-18-30(19-24-33)49(43-16-10-8-13-36(43)37-14-9-11-17-44(37)49)31-20-25-34(26-21-31)53-47(51)42-29-41-35-12-6-7-15-38(35)46(42)39-27-22-32(28-40(39)41)48(2,3)4/h5-28,41-42,46H,1,29H2,2-4H3. The topological polar surface area (TPSA) is 52.6 Å². The number of rotatable bonds is 6. The summed E-state index contributed by atoms with van der Waals surface area (Å²) in [7, 11) is 0. The fourth-order valence-corrected chi connectivity index (χ4v) is 9.30. The van der Waals surface area contributed by atoms with Crippen molar-refractivity contribution in [3.05, 3.63) is 202 Å². The summed E-state index contributed by atoms with van der Waals surface area (Å²) in [6, 6.07) is 48.2. The van der Waals surface area contributed by atoms with Gasteiger partial charge in [0.15, 0.2) is 0 Å². The summed E-state index contributed by atoms with van der Waals surface area (Å²) in [5, 5.41) is 0. The highest BCUT2D eigenvalue weighted by Crippen LogP contribution is 2.58. The van der Waals surface area contributed by atoms with Gasteiger partial charge in [-0.25, -0.2) is 4.79 Å². The van der Waals surface area contributed by atoms with Crippen molar-refractivity contribution in [1.82, 2.24) is 0 Å². The van der Waals surface area contributed by atoms with Gasteiger partial charge in [0.25, 0.3) is 0 Å². The highest BCUT2D eigenvalue weighted by atomic mass is 16.5. The van der Waals surface area contributed by atoms with Crippen LogP contribution in [0, 0.1) is 5.92 Å². The summed E-state index contributed by atoms with van der Waals surface area (Å²) in [4.78, 5) is 26.2. The molecule has 3 atom stereocenters. The molecular formula is C49H40O4. The fourth-order valence-electron chi connectivity index (χ4n) is 9.30. The van der Waals surface area contributed by atoms with E-state index >= 15 is 0 Å². The Morgan fingerprint density at radius 3 is 1.75 bits per heavy atom. The molecule has 4 heteroatoms. The largest absolute Gasteiger partial charge is 0.426 e. The van der Waals surface area contributed by atoms with E-state index in [-0.39, 0.29) is 29.1 Å². The molecule has 0 aliphatic heterocycles. The van der Waals surface area contributed by atoms with Crippen molar-refractivity contribution in [3.8, 4) is 22.6 Å². The smallest absolute Gasteiger partial charge is 0.335 e. The van der Waals surface area contributed by atoms with Gasteiger partial charge < -0.3 is 9.47 Å². The van der Waals surface area contributed by atoms with Gasteiger partial charge in [0, 0.05) is 17.9 Å². The van der Waals surface area contributed by atoms with E-state index in [0.29, 0.717) is 11.5 Å². The number of esters is 2. The lowest BCUT2D eigenvalue weighted by Crippen LogP contribution is -2.38. The molecule has 0 spiro atoms. The Bertz CT molecular complexity index is 2380. The van der Waals surface area contributed by atoms with Gasteiger partial charge in [0.1, 0.15) is 11.5 Å². The Hall–Kier alpha value is -6.00. The Balaban J connectivity index is 1.07. The molecule has 53 heavy (non-hydrogen) atoms. The Morgan fingerprint density at radius 1 is 0.642 bits per heavy atom. The van der Waals surface area contributed by atoms with Crippen LogP contribution in [0.1, 0.15) is 89.1 Å². The van der Waals surface area contributed by atoms with Crippen LogP contribution in [0.3, 0.4) is 0 Å². The molecule has 2 bridgehead atoms. The normalized spacial score (nSPS) is 18.6. The minimum absolute atomic E-state index is 0.0423. The molecule has 0 aromatic heterocycles. The average Bonchev–Trinajstić information content (AvgIpc) is 3.49. The first-order valence-electron chi connectivity index (χ1n) is 18.4. The maximum atomic E-state index is 14.2. The number of carbonyl (C=O) groups is 2. The second-order valence-corrected chi connectivity index (χ2v) is 15.5. The highest BCUT2D eigenvalue weighted by molar-refractivity contribution is 5.87. The van der Waals surface area contributed by atoms with Crippen molar-refractivity contribution in [2.24, 2.45) is 5.92 Å². The zero-order chi connectivity index (χ0) is 36.5. The lowest BCUT2D eigenvalue weighted by molar-refractivity contribution is -0.140. The molecule has 260 valence electrons. The van der Waals surface area contributed by atoms with E-state index in [2.05, 4.69) is 130 Å². The molecule has 0 saturated carbocycles. The molecule has 0 heterocycles. The molecule has 0 fully saturated rings. The van der Waals surface area contributed by atoms with Gasteiger partial charge in [0.05, 0.1) is 11.3 Å². The van der Waals surface area contributed by atoms with Gasteiger partial charge in [-0.1, -0.05) is 143 Å². The molecule has 0 radical (unpaired) electrons. The Labute approximate surface area is 310 Å². The zero-order valence-electron chi connectivity index (χ0n) is 30.1. The van der Waals surface area contributed by atoms with Crippen LogP contribution in [-0.4, -0.2) is 11.9 Å². The summed E-state index contributed by atoms with van der Waals surface area (Å²) in [6.45, 7) is 10.3. The summed E-state index contributed by atoms with van der Waals surface area (Å²) in [5.74, 6) is 0.112. The molecule has 0 N–H and O–H groups in total. The molecule has 6 aromatic carbocycles. The number of fused-ring (bicyclic) bond motifs is 4. The highest BCUT2D eigenvalue weighted by Gasteiger charge is 2.48. The van der Waals surface area contributed by atoms with Crippen molar-refractivity contribution >= 4 is 11.9 Å². The van der Waals surface area contributed by atoms with Gasteiger partial charge >= 0.3 is 11.9 Å². The van der Waals surface area contributed by atoms with Crippen LogP contribution in [0.2, 0.25) is 0 Å². The maximum Gasteiger partial charge on any atom is 0.335 e. The Morgan fingerprint density at radius 2 is 1.17 bits per heavy atom. The van der Waals surface area contributed by atoms with Crippen molar-refractivity contribution in [3.63, 3.8) is 0 Å². The molecule has 0 amide bonds. The molecule has 10 rings (SSSR count). The van der Waals surface area contributed by atoms with Gasteiger partial charge in [-0.2, -0.15) is 0 Å².